The van der Waals surface area contributed by atoms with Crippen LogP contribution in [0.1, 0.15) is 37.4 Å². The van der Waals surface area contributed by atoms with Crippen molar-refractivity contribution in [2.24, 2.45) is 5.92 Å². The minimum absolute atomic E-state index is 0.00868. The van der Waals surface area contributed by atoms with Crippen LogP contribution in [0.4, 0.5) is 5.82 Å². The van der Waals surface area contributed by atoms with Crippen molar-refractivity contribution >= 4 is 12.1 Å². The van der Waals surface area contributed by atoms with Crippen LogP contribution in [0.5, 0.6) is 0 Å². The molecule has 1 aromatic rings. The summed E-state index contributed by atoms with van der Waals surface area (Å²) < 4.78 is 11.9. The summed E-state index contributed by atoms with van der Waals surface area (Å²) in [7, 11) is 0. The van der Waals surface area contributed by atoms with E-state index in [4.69, 9.17) is 9.47 Å². The molecule has 2 aliphatic rings. The molecule has 0 unspecified atom stereocenters. The predicted octanol–water partition coefficient (Wildman–Crippen LogP) is 1.92. The van der Waals surface area contributed by atoms with Gasteiger partial charge in [0.2, 0.25) is 0 Å². The first-order valence-corrected chi connectivity index (χ1v) is 7.70. The molecule has 0 aromatic carbocycles. The smallest absolute Gasteiger partial charge is 0.163 e. The summed E-state index contributed by atoms with van der Waals surface area (Å²) in [4.78, 5) is 20.2. The molecule has 120 valence electrons. The third-order valence-corrected chi connectivity index (χ3v) is 4.51. The molecule has 0 spiro atoms. The molecule has 1 N–H and O–H groups in total. The monoisotopic (exact) mass is 305 g/mol. The Balaban J connectivity index is 1.85. The average molecular weight is 305 g/mol. The second-order valence-electron chi connectivity index (χ2n) is 6.68. The van der Waals surface area contributed by atoms with Gasteiger partial charge in [-0.15, -0.1) is 0 Å². The number of ether oxygens (including phenoxy) is 2. The van der Waals surface area contributed by atoms with E-state index < -0.39 is 5.79 Å². The largest absolute Gasteiger partial charge is 0.364 e. The number of rotatable bonds is 3. The number of nitrogens with zero attached hydrogens (tertiary/aromatic N) is 2. The second-order valence-corrected chi connectivity index (χ2v) is 6.68. The van der Waals surface area contributed by atoms with Crippen LogP contribution in [0.15, 0.2) is 0 Å². The number of aldehydes is 1. The Bertz CT molecular complexity index is 603. The number of fused-ring (bicyclic) bond motifs is 1. The Hall–Kier alpha value is -1.53. The van der Waals surface area contributed by atoms with Crippen LogP contribution < -0.4 is 5.32 Å². The van der Waals surface area contributed by atoms with E-state index in [1.54, 1.807) is 0 Å². The summed E-state index contributed by atoms with van der Waals surface area (Å²) in [6, 6.07) is 0.00868. The number of carbonyl (C=O) groups excluding carboxylic acids is 1. The topological polar surface area (TPSA) is 73.3 Å². The van der Waals surface area contributed by atoms with Crippen molar-refractivity contribution in [2.75, 3.05) is 5.32 Å². The van der Waals surface area contributed by atoms with Gasteiger partial charge in [-0.05, 0) is 41.0 Å². The van der Waals surface area contributed by atoms with Crippen LogP contribution in [0.25, 0.3) is 0 Å². The molecule has 1 saturated heterocycles. The minimum Gasteiger partial charge on any atom is -0.364 e. The molecule has 0 radical (unpaired) electrons. The highest BCUT2D eigenvalue weighted by molar-refractivity contribution is 5.57. The maximum Gasteiger partial charge on any atom is 0.163 e. The summed E-state index contributed by atoms with van der Waals surface area (Å²) >= 11 is 0. The number of carbonyl (C=O) groups is 1. The van der Waals surface area contributed by atoms with Gasteiger partial charge in [-0.3, -0.25) is 0 Å². The van der Waals surface area contributed by atoms with Gasteiger partial charge in [0.15, 0.2) is 5.79 Å². The fourth-order valence-corrected chi connectivity index (χ4v) is 3.38. The van der Waals surface area contributed by atoms with Gasteiger partial charge in [-0.1, -0.05) is 0 Å². The van der Waals surface area contributed by atoms with Crippen molar-refractivity contribution in [1.82, 2.24) is 9.97 Å². The zero-order valence-electron chi connectivity index (χ0n) is 13.7. The highest BCUT2D eigenvalue weighted by Crippen LogP contribution is 2.42. The number of aromatic nitrogens is 2. The van der Waals surface area contributed by atoms with Crippen LogP contribution in [0.2, 0.25) is 0 Å². The zero-order valence-corrected chi connectivity index (χ0v) is 13.7. The fraction of sp³-hybridized carbons (Fsp3) is 0.688. The molecule has 0 bridgehead atoms. The molecule has 1 saturated carbocycles. The van der Waals surface area contributed by atoms with E-state index in [0.717, 1.165) is 29.2 Å². The van der Waals surface area contributed by atoms with Crippen molar-refractivity contribution in [3.8, 4) is 0 Å². The molecular weight excluding hydrogens is 282 g/mol. The third kappa shape index (κ3) is 2.61. The van der Waals surface area contributed by atoms with E-state index >= 15 is 0 Å². The van der Waals surface area contributed by atoms with Gasteiger partial charge in [-0.2, -0.15) is 0 Å². The molecule has 2 heterocycles. The van der Waals surface area contributed by atoms with Crippen LogP contribution in [-0.4, -0.2) is 40.3 Å². The van der Waals surface area contributed by atoms with Crippen molar-refractivity contribution in [2.45, 2.75) is 65.1 Å². The Kier molecular flexibility index (Phi) is 3.69. The van der Waals surface area contributed by atoms with Crippen LogP contribution >= 0.6 is 0 Å². The Morgan fingerprint density at radius 2 is 1.86 bits per heavy atom. The summed E-state index contributed by atoms with van der Waals surface area (Å²) in [5.74, 6) is 0.752. The minimum atomic E-state index is -0.649. The SMILES string of the molecule is Cc1nc(C)c(C)c(N[C@@H]2C[C@H](C=O)[C@H]3OC(C)(C)O[C@H]32)n1. The second kappa shape index (κ2) is 5.28. The molecule has 6 heteroatoms. The number of anilines is 1. The molecule has 4 atom stereocenters. The molecule has 6 nitrogen and oxygen atoms in total. The van der Waals surface area contributed by atoms with E-state index in [1.165, 1.54) is 0 Å². The van der Waals surface area contributed by atoms with Crippen molar-refractivity contribution in [3.63, 3.8) is 0 Å². The maximum absolute atomic E-state index is 11.3. The number of nitrogens with one attached hydrogen (secondary N) is 1. The maximum atomic E-state index is 11.3. The molecular formula is C16H23N3O3. The standard InChI is InChI=1S/C16H23N3O3/c1-8-9(2)17-10(3)18-15(8)19-12-6-11(7-20)13-14(12)22-16(4,5)21-13/h7,11-14H,6H2,1-5H3,(H,17,18,19)/t11-,12-,13-,14+/m1/s1. The van der Waals surface area contributed by atoms with Gasteiger partial charge in [-0.25, -0.2) is 9.97 Å². The first-order valence-electron chi connectivity index (χ1n) is 7.70. The Morgan fingerprint density at radius 3 is 2.55 bits per heavy atom. The molecule has 22 heavy (non-hydrogen) atoms. The number of hydrogen-bond donors (Lipinski definition) is 1. The average Bonchev–Trinajstić information content (AvgIpc) is 2.89. The highest BCUT2D eigenvalue weighted by Gasteiger charge is 2.54. The fourth-order valence-electron chi connectivity index (χ4n) is 3.38. The molecule has 3 rings (SSSR count). The van der Waals surface area contributed by atoms with Crippen molar-refractivity contribution in [3.05, 3.63) is 17.1 Å². The van der Waals surface area contributed by atoms with Gasteiger partial charge < -0.3 is 19.6 Å². The molecule has 1 aromatic heterocycles. The van der Waals surface area contributed by atoms with E-state index in [2.05, 4.69) is 15.3 Å². The van der Waals surface area contributed by atoms with Gasteiger partial charge >= 0.3 is 0 Å². The summed E-state index contributed by atoms with van der Waals surface area (Å²) in [6.07, 6.45) is 1.35. The van der Waals surface area contributed by atoms with Gasteiger partial charge in [0.25, 0.3) is 0 Å². The quantitative estimate of drug-likeness (QED) is 0.860. The molecule has 1 aliphatic heterocycles. The highest BCUT2D eigenvalue weighted by atomic mass is 16.8. The number of aryl methyl sites for hydroxylation is 2. The van der Waals surface area contributed by atoms with E-state index in [1.807, 2.05) is 34.6 Å². The molecule has 2 fully saturated rings. The summed E-state index contributed by atoms with van der Waals surface area (Å²) in [5.41, 5.74) is 1.98. The normalized spacial score (nSPS) is 32.8. The van der Waals surface area contributed by atoms with E-state index in [-0.39, 0.29) is 24.2 Å². The first kappa shape index (κ1) is 15.4. The Labute approximate surface area is 130 Å². The van der Waals surface area contributed by atoms with Crippen LogP contribution in [0.3, 0.4) is 0 Å². The van der Waals surface area contributed by atoms with Gasteiger partial charge in [0.1, 0.15) is 24.0 Å². The molecule has 0 amide bonds. The lowest BCUT2D eigenvalue weighted by molar-refractivity contribution is -0.157. The lowest BCUT2D eigenvalue weighted by Crippen LogP contribution is -2.35. The first-order chi connectivity index (χ1) is 10.3. The predicted molar refractivity (Wildman–Crippen MR) is 81.6 cm³/mol. The van der Waals surface area contributed by atoms with Crippen LogP contribution in [-0.2, 0) is 14.3 Å². The zero-order chi connectivity index (χ0) is 16.1. The van der Waals surface area contributed by atoms with E-state index in [9.17, 15) is 4.79 Å². The van der Waals surface area contributed by atoms with Gasteiger partial charge in [0, 0.05) is 17.2 Å². The Morgan fingerprint density at radius 1 is 1.18 bits per heavy atom. The van der Waals surface area contributed by atoms with Crippen molar-refractivity contribution < 1.29 is 14.3 Å². The summed E-state index contributed by atoms with van der Waals surface area (Å²) in [5, 5.41) is 3.45. The lowest BCUT2D eigenvalue weighted by atomic mass is 10.1. The van der Waals surface area contributed by atoms with Crippen LogP contribution in [0, 0.1) is 26.7 Å². The molecule has 1 aliphatic carbocycles. The van der Waals surface area contributed by atoms with E-state index in [0.29, 0.717) is 6.42 Å². The lowest BCUT2D eigenvalue weighted by Gasteiger charge is -2.24. The van der Waals surface area contributed by atoms with Gasteiger partial charge in [0.05, 0.1) is 12.1 Å². The summed E-state index contributed by atoms with van der Waals surface area (Å²) in [6.45, 7) is 9.61. The van der Waals surface area contributed by atoms with Crippen molar-refractivity contribution in [1.29, 1.82) is 0 Å². The third-order valence-electron chi connectivity index (χ3n) is 4.51. The number of hydrogen-bond acceptors (Lipinski definition) is 6.